The smallest absolute Gasteiger partial charge is 0.238 e. The number of nitrogens with zero attached hydrogens (tertiary/aromatic N) is 1. The molecule has 1 fully saturated rings. The molecule has 2 aliphatic rings. The number of para-hydroxylation sites is 1. The van der Waals surface area contributed by atoms with Crippen LogP contribution in [-0.2, 0) is 16.1 Å². The van der Waals surface area contributed by atoms with Gasteiger partial charge in [-0.2, -0.15) is 0 Å². The summed E-state index contributed by atoms with van der Waals surface area (Å²) >= 11 is 7.55. The zero-order valence-corrected chi connectivity index (χ0v) is 17.1. The van der Waals surface area contributed by atoms with E-state index in [1.807, 2.05) is 47.4 Å². The third-order valence-electron chi connectivity index (χ3n) is 5.23. The van der Waals surface area contributed by atoms with E-state index in [2.05, 4.69) is 11.4 Å². The fourth-order valence-electron chi connectivity index (χ4n) is 3.70. The highest BCUT2D eigenvalue weighted by Gasteiger charge is 2.32. The number of carbonyl (C=O) groups excluding carboxylic acids is 2. The molecule has 2 amide bonds. The zero-order chi connectivity index (χ0) is 19.5. The van der Waals surface area contributed by atoms with Crippen LogP contribution in [-0.4, -0.2) is 48.1 Å². The van der Waals surface area contributed by atoms with Crippen LogP contribution in [0.2, 0.25) is 5.02 Å². The average Bonchev–Trinajstić information content (AvgIpc) is 2.69. The first-order valence-electron chi connectivity index (χ1n) is 9.51. The Morgan fingerprint density at radius 1 is 1.18 bits per heavy atom. The Balaban J connectivity index is 1.29. The van der Waals surface area contributed by atoms with Crippen LogP contribution in [0.15, 0.2) is 53.4 Å². The van der Waals surface area contributed by atoms with Crippen LogP contribution in [0.4, 0.5) is 5.69 Å². The number of rotatable bonds is 4. The van der Waals surface area contributed by atoms with E-state index in [1.165, 1.54) is 22.2 Å². The van der Waals surface area contributed by atoms with Crippen molar-refractivity contribution in [3.05, 3.63) is 59.1 Å². The van der Waals surface area contributed by atoms with Gasteiger partial charge < -0.3 is 15.1 Å². The molecule has 0 spiro atoms. The predicted octanol–water partition coefficient (Wildman–Crippen LogP) is 2.07. The molecule has 1 saturated heterocycles. The van der Waals surface area contributed by atoms with Gasteiger partial charge in [-0.15, -0.1) is 11.8 Å². The van der Waals surface area contributed by atoms with Gasteiger partial charge in [0.1, 0.15) is 6.54 Å². The molecule has 4 rings (SSSR count). The topological polar surface area (TPSA) is 53.9 Å². The molecule has 0 radical (unpaired) electrons. The second-order valence-electron chi connectivity index (χ2n) is 7.23. The Kier molecular flexibility index (Phi) is 5.90. The van der Waals surface area contributed by atoms with Crippen LogP contribution in [0.3, 0.4) is 0 Å². The van der Waals surface area contributed by atoms with Gasteiger partial charge in [0.2, 0.25) is 11.8 Å². The molecule has 2 aromatic rings. The van der Waals surface area contributed by atoms with Crippen LogP contribution >= 0.6 is 23.4 Å². The summed E-state index contributed by atoms with van der Waals surface area (Å²) in [5.74, 6) is -0.0175. The molecule has 0 saturated carbocycles. The molecule has 2 N–H and O–H groups in total. The largest absolute Gasteiger partial charge is 0.331 e. The van der Waals surface area contributed by atoms with Gasteiger partial charge >= 0.3 is 0 Å². The number of anilines is 1. The lowest BCUT2D eigenvalue weighted by atomic mass is 10.2. The quantitative estimate of drug-likeness (QED) is 0.802. The lowest BCUT2D eigenvalue weighted by Gasteiger charge is -2.33. The van der Waals surface area contributed by atoms with Crippen LogP contribution in [0.25, 0.3) is 0 Å². The molecule has 0 aliphatic carbocycles. The van der Waals surface area contributed by atoms with Crippen molar-refractivity contribution in [2.24, 2.45) is 0 Å². The average molecular weight is 417 g/mol. The van der Waals surface area contributed by atoms with Gasteiger partial charge in [0.05, 0.1) is 37.1 Å². The maximum absolute atomic E-state index is 12.7. The number of hydrogen-bond donors (Lipinski definition) is 2. The Morgan fingerprint density at radius 3 is 2.75 bits per heavy atom. The molecule has 28 heavy (non-hydrogen) atoms. The first kappa shape index (κ1) is 19.3. The molecule has 2 aliphatic heterocycles. The normalized spacial score (nSPS) is 19.8. The van der Waals surface area contributed by atoms with Crippen LogP contribution in [0.5, 0.6) is 0 Å². The fraction of sp³-hybridized carbons (Fsp3) is 0.333. The van der Waals surface area contributed by atoms with Gasteiger partial charge in [0.25, 0.3) is 0 Å². The van der Waals surface area contributed by atoms with Crippen molar-refractivity contribution in [3.63, 3.8) is 0 Å². The Morgan fingerprint density at radius 2 is 1.96 bits per heavy atom. The van der Waals surface area contributed by atoms with Crippen LogP contribution in [0.1, 0.15) is 12.0 Å². The van der Waals surface area contributed by atoms with Crippen LogP contribution in [0, 0.1) is 0 Å². The molecule has 7 heteroatoms. The van der Waals surface area contributed by atoms with Crippen molar-refractivity contribution < 1.29 is 14.5 Å². The highest BCUT2D eigenvalue weighted by Crippen LogP contribution is 2.36. The Labute approximate surface area is 174 Å². The van der Waals surface area contributed by atoms with Gasteiger partial charge in [-0.3, -0.25) is 9.59 Å². The number of thioether (sulfide) groups is 1. The zero-order valence-electron chi connectivity index (χ0n) is 15.5. The number of hydrogen-bond acceptors (Lipinski definition) is 3. The summed E-state index contributed by atoms with van der Waals surface area (Å²) in [6, 6.07) is 15.7. The summed E-state index contributed by atoms with van der Waals surface area (Å²) in [5.41, 5.74) is 2.05. The number of quaternary nitrogens is 1. The number of amides is 2. The molecule has 5 nitrogen and oxygen atoms in total. The summed E-state index contributed by atoms with van der Waals surface area (Å²) in [7, 11) is 0. The standard InChI is InChI=1S/C21H22ClN3O2S/c22-16-5-3-4-15(12-16)14-24-8-10-25(11-9-24)20(26)13-19-21(27)23-17-6-1-2-7-18(17)28-19/h1-7,12,19H,8-11,13-14H2,(H,23,27)/p+1/t19-/m0/s1. The van der Waals surface area contributed by atoms with E-state index < -0.39 is 0 Å². The third-order valence-corrected chi connectivity index (χ3v) is 6.74. The fourth-order valence-corrected chi connectivity index (χ4v) is 5.01. The lowest BCUT2D eigenvalue weighted by molar-refractivity contribution is -0.917. The predicted molar refractivity (Wildman–Crippen MR) is 112 cm³/mol. The minimum atomic E-state index is -0.362. The summed E-state index contributed by atoms with van der Waals surface area (Å²) in [4.78, 5) is 29.5. The summed E-state index contributed by atoms with van der Waals surface area (Å²) in [6.07, 6.45) is 0.245. The Hall–Kier alpha value is -2.02. The van der Waals surface area contributed by atoms with E-state index in [0.29, 0.717) is 0 Å². The molecule has 0 aromatic heterocycles. The number of benzene rings is 2. The monoisotopic (exact) mass is 416 g/mol. The molecular formula is C21H23ClN3O2S+. The van der Waals surface area contributed by atoms with Crippen molar-refractivity contribution in [2.45, 2.75) is 23.1 Å². The maximum Gasteiger partial charge on any atom is 0.238 e. The highest BCUT2D eigenvalue weighted by molar-refractivity contribution is 8.01. The number of piperazine rings is 1. The van der Waals surface area contributed by atoms with E-state index in [9.17, 15) is 9.59 Å². The molecular weight excluding hydrogens is 394 g/mol. The minimum absolute atomic E-state index is 0.0637. The van der Waals surface area contributed by atoms with E-state index >= 15 is 0 Å². The SMILES string of the molecule is O=C1Nc2ccccc2S[C@H]1CC(=O)N1CC[NH+](Cc2cccc(Cl)c2)CC1. The molecule has 0 bridgehead atoms. The van der Waals surface area contributed by atoms with Gasteiger partial charge in [-0.05, 0) is 24.3 Å². The second-order valence-corrected chi connectivity index (χ2v) is 8.91. The lowest BCUT2D eigenvalue weighted by Crippen LogP contribution is -3.13. The van der Waals surface area contributed by atoms with E-state index in [1.54, 1.807) is 0 Å². The molecule has 2 heterocycles. The first-order valence-corrected chi connectivity index (χ1v) is 10.8. The third kappa shape index (κ3) is 4.51. The minimum Gasteiger partial charge on any atom is -0.331 e. The summed E-state index contributed by atoms with van der Waals surface area (Å²) in [6.45, 7) is 4.19. The van der Waals surface area contributed by atoms with Crippen molar-refractivity contribution >= 4 is 40.9 Å². The summed E-state index contributed by atoms with van der Waals surface area (Å²) in [5, 5.41) is 3.31. The second kappa shape index (κ2) is 8.55. The summed E-state index contributed by atoms with van der Waals surface area (Å²) < 4.78 is 0. The highest BCUT2D eigenvalue weighted by atomic mass is 35.5. The van der Waals surface area contributed by atoms with Gasteiger partial charge in [0, 0.05) is 21.9 Å². The molecule has 1 atom stereocenters. The number of fused-ring (bicyclic) bond motifs is 1. The van der Waals surface area contributed by atoms with Crippen molar-refractivity contribution in [1.29, 1.82) is 0 Å². The van der Waals surface area contributed by atoms with Crippen molar-refractivity contribution in [1.82, 2.24) is 4.90 Å². The molecule has 146 valence electrons. The first-order chi connectivity index (χ1) is 13.6. The number of nitrogens with one attached hydrogen (secondary N) is 2. The van der Waals surface area contributed by atoms with E-state index in [-0.39, 0.29) is 23.5 Å². The van der Waals surface area contributed by atoms with Crippen LogP contribution < -0.4 is 10.2 Å². The van der Waals surface area contributed by atoms with E-state index in [0.717, 1.165) is 48.3 Å². The van der Waals surface area contributed by atoms with Gasteiger partial charge in [0.15, 0.2) is 0 Å². The number of carbonyl (C=O) groups is 2. The van der Waals surface area contributed by atoms with Gasteiger partial charge in [-0.1, -0.05) is 35.9 Å². The molecule has 2 aromatic carbocycles. The van der Waals surface area contributed by atoms with Gasteiger partial charge in [-0.25, -0.2) is 0 Å². The maximum atomic E-state index is 12.7. The number of halogens is 1. The van der Waals surface area contributed by atoms with Crippen molar-refractivity contribution in [3.8, 4) is 0 Å². The van der Waals surface area contributed by atoms with Crippen molar-refractivity contribution in [2.75, 3.05) is 31.5 Å². The Bertz CT molecular complexity index is 883. The molecule has 0 unspecified atom stereocenters. The van der Waals surface area contributed by atoms with E-state index in [4.69, 9.17) is 11.6 Å².